The lowest BCUT2D eigenvalue weighted by Gasteiger charge is -2.24. The minimum absolute atomic E-state index is 0.0859. The van der Waals surface area contributed by atoms with Crippen LogP contribution in [0, 0.1) is 5.92 Å². The summed E-state index contributed by atoms with van der Waals surface area (Å²) in [6, 6.07) is 25.3. The zero-order valence-corrected chi connectivity index (χ0v) is 19.8. The van der Waals surface area contributed by atoms with Gasteiger partial charge < -0.3 is 15.4 Å². The summed E-state index contributed by atoms with van der Waals surface area (Å²) < 4.78 is 5.72. The fourth-order valence-corrected chi connectivity index (χ4v) is 3.92. The number of hydrogen-bond donors (Lipinski definition) is 2. The number of hydrogen-bond acceptors (Lipinski definition) is 4. The molecule has 3 aromatic carbocycles. The third-order valence-electron chi connectivity index (χ3n) is 5.89. The second kappa shape index (κ2) is 10.9. The second-order valence-corrected chi connectivity index (χ2v) is 8.83. The van der Waals surface area contributed by atoms with Crippen molar-refractivity contribution in [3.05, 3.63) is 102 Å². The van der Waals surface area contributed by atoms with E-state index in [4.69, 9.17) is 4.74 Å². The van der Waals surface area contributed by atoms with E-state index in [1.54, 1.807) is 24.3 Å². The van der Waals surface area contributed by atoms with Gasteiger partial charge in [0.25, 0.3) is 0 Å². The molecule has 0 aliphatic carbocycles. The van der Waals surface area contributed by atoms with E-state index in [0.29, 0.717) is 17.8 Å². The zero-order chi connectivity index (χ0) is 24.8. The largest absolute Gasteiger partial charge is 0.438 e. The number of amides is 3. The Bertz CT molecular complexity index is 1160. The summed E-state index contributed by atoms with van der Waals surface area (Å²) in [5.74, 6) is -0.523. The first-order chi connectivity index (χ1) is 16.9. The van der Waals surface area contributed by atoms with Crippen molar-refractivity contribution in [2.75, 3.05) is 5.32 Å². The summed E-state index contributed by atoms with van der Waals surface area (Å²) in [5, 5.41) is 5.80. The molecule has 7 heteroatoms. The number of rotatable bonds is 8. The van der Waals surface area contributed by atoms with Gasteiger partial charge in [-0.25, -0.2) is 4.79 Å². The van der Waals surface area contributed by atoms with Crippen molar-refractivity contribution < 1.29 is 19.1 Å². The lowest BCUT2D eigenvalue weighted by atomic mass is 10.00. The Kier molecular flexibility index (Phi) is 7.45. The highest BCUT2D eigenvalue weighted by atomic mass is 16.6. The molecule has 2 N–H and O–H groups in total. The van der Waals surface area contributed by atoms with Crippen molar-refractivity contribution in [1.82, 2.24) is 10.2 Å². The smallest absolute Gasteiger partial charge is 0.411 e. The van der Waals surface area contributed by atoms with Crippen molar-refractivity contribution in [2.24, 2.45) is 5.92 Å². The Balaban J connectivity index is 1.57. The fraction of sp³-hybridized carbons (Fsp3) is 0.250. The number of benzene rings is 3. The maximum absolute atomic E-state index is 13.4. The Morgan fingerprint density at radius 1 is 0.886 bits per heavy atom. The first kappa shape index (κ1) is 24.0. The van der Waals surface area contributed by atoms with Crippen molar-refractivity contribution in [2.45, 2.75) is 39.1 Å². The van der Waals surface area contributed by atoms with Crippen LogP contribution in [-0.4, -0.2) is 28.8 Å². The van der Waals surface area contributed by atoms with Gasteiger partial charge in [-0.3, -0.25) is 14.5 Å². The first-order valence-corrected chi connectivity index (χ1v) is 11.7. The topological polar surface area (TPSA) is 87.7 Å². The standard InChI is InChI=1S/C28H29N3O4/c1-19(2)26(32)30-23-15-13-22(14-16-23)25-24(27(33)29-17-20-9-5-3-6-10-20)31(28(34)35-25)18-21-11-7-4-8-12-21/h3-16,19,24-25H,17-18H2,1-2H3,(H,29,33)(H,30,32). The SMILES string of the molecule is CC(C)C(=O)Nc1ccc(C2OC(=O)N(Cc3ccccc3)C2C(=O)NCc2ccccc2)cc1. The first-order valence-electron chi connectivity index (χ1n) is 11.7. The average molecular weight is 472 g/mol. The van der Waals surface area contributed by atoms with Crippen LogP contribution in [0.1, 0.15) is 36.6 Å². The Morgan fingerprint density at radius 2 is 1.49 bits per heavy atom. The molecule has 3 aromatic rings. The average Bonchev–Trinajstić information content (AvgIpc) is 3.20. The van der Waals surface area contributed by atoms with Crippen molar-refractivity contribution >= 4 is 23.6 Å². The maximum atomic E-state index is 13.4. The molecule has 0 aromatic heterocycles. The highest BCUT2D eigenvalue weighted by molar-refractivity contribution is 5.92. The Labute approximate surface area is 205 Å². The summed E-state index contributed by atoms with van der Waals surface area (Å²) in [6.07, 6.45) is -1.33. The Hall–Kier alpha value is -4.13. The van der Waals surface area contributed by atoms with Gasteiger partial charge in [0.15, 0.2) is 12.1 Å². The van der Waals surface area contributed by atoms with E-state index in [1.807, 2.05) is 74.5 Å². The molecule has 1 fully saturated rings. The van der Waals surface area contributed by atoms with E-state index in [2.05, 4.69) is 10.6 Å². The number of carbonyl (C=O) groups is 3. The third kappa shape index (κ3) is 5.87. The molecule has 2 unspecified atom stereocenters. The van der Waals surface area contributed by atoms with E-state index in [0.717, 1.165) is 11.1 Å². The lowest BCUT2D eigenvalue weighted by molar-refractivity contribution is -0.126. The molecule has 0 saturated carbocycles. The molecule has 2 atom stereocenters. The molecule has 3 amide bonds. The van der Waals surface area contributed by atoms with Gasteiger partial charge in [-0.2, -0.15) is 0 Å². The van der Waals surface area contributed by atoms with E-state index in [-0.39, 0.29) is 24.3 Å². The van der Waals surface area contributed by atoms with Gasteiger partial charge in [0.2, 0.25) is 11.8 Å². The van der Waals surface area contributed by atoms with E-state index in [1.165, 1.54) is 4.90 Å². The molecule has 0 bridgehead atoms. The number of nitrogens with zero attached hydrogens (tertiary/aromatic N) is 1. The van der Waals surface area contributed by atoms with E-state index >= 15 is 0 Å². The minimum atomic E-state index is -0.845. The summed E-state index contributed by atoms with van der Waals surface area (Å²) in [7, 11) is 0. The quantitative estimate of drug-likeness (QED) is 0.500. The van der Waals surface area contributed by atoms with Crippen LogP contribution in [0.25, 0.3) is 0 Å². The van der Waals surface area contributed by atoms with Crippen LogP contribution >= 0.6 is 0 Å². The predicted molar refractivity (Wildman–Crippen MR) is 133 cm³/mol. The van der Waals surface area contributed by atoms with Gasteiger partial charge in [0.1, 0.15) is 0 Å². The summed E-state index contributed by atoms with van der Waals surface area (Å²) in [5.41, 5.74) is 3.18. The van der Waals surface area contributed by atoms with Gasteiger partial charge in [-0.15, -0.1) is 0 Å². The lowest BCUT2D eigenvalue weighted by Crippen LogP contribution is -2.46. The molecule has 0 radical (unpaired) electrons. The molecule has 7 nitrogen and oxygen atoms in total. The number of ether oxygens (including phenoxy) is 1. The summed E-state index contributed by atoms with van der Waals surface area (Å²) >= 11 is 0. The minimum Gasteiger partial charge on any atom is -0.438 e. The van der Waals surface area contributed by atoms with Crippen LogP contribution in [0.5, 0.6) is 0 Å². The maximum Gasteiger partial charge on any atom is 0.411 e. The van der Waals surface area contributed by atoms with Crippen LogP contribution in [0.2, 0.25) is 0 Å². The van der Waals surface area contributed by atoms with Crippen LogP contribution in [-0.2, 0) is 27.4 Å². The Morgan fingerprint density at radius 3 is 2.09 bits per heavy atom. The second-order valence-electron chi connectivity index (χ2n) is 8.83. The van der Waals surface area contributed by atoms with Crippen molar-refractivity contribution in [3.63, 3.8) is 0 Å². The number of nitrogens with one attached hydrogen (secondary N) is 2. The molecule has 1 aliphatic heterocycles. The van der Waals surface area contributed by atoms with Gasteiger partial charge in [-0.05, 0) is 28.8 Å². The monoisotopic (exact) mass is 471 g/mol. The molecule has 1 aliphatic rings. The van der Waals surface area contributed by atoms with E-state index < -0.39 is 18.2 Å². The molecule has 180 valence electrons. The third-order valence-corrected chi connectivity index (χ3v) is 5.89. The molecule has 1 saturated heterocycles. The summed E-state index contributed by atoms with van der Waals surface area (Å²) in [6.45, 7) is 4.24. The van der Waals surface area contributed by atoms with Gasteiger partial charge >= 0.3 is 6.09 Å². The van der Waals surface area contributed by atoms with E-state index in [9.17, 15) is 14.4 Å². The molecule has 0 spiro atoms. The molecular weight excluding hydrogens is 442 g/mol. The molecule has 4 rings (SSSR count). The summed E-state index contributed by atoms with van der Waals surface area (Å²) in [4.78, 5) is 39.8. The van der Waals surface area contributed by atoms with Crippen LogP contribution in [0.4, 0.5) is 10.5 Å². The molecule has 1 heterocycles. The number of cyclic esters (lactones) is 1. The molecule has 35 heavy (non-hydrogen) atoms. The number of anilines is 1. The van der Waals surface area contributed by atoms with Gasteiger partial charge in [-0.1, -0.05) is 86.6 Å². The van der Waals surface area contributed by atoms with Gasteiger partial charge in [0, 0.05) is 18.2 Å². The molecular formula is C28H29N3O4. The van der Waals surface area contributed by atoms with Crippen LogP contribution in [0.3, 0.4) is 0 Å². The fourth-order valence-electron chi connectivity index (χ4n) is 3.92. The van der Waals surface area contributed by atoms with Crippen LogP contribution in [0.15, 0.2) is 84.9 Å². The highest BCUT2D eigenvalue weighted by Gasteiger charge is 2.46. The predicted octanol–water partition coefficient (Wildman–Crippen LogP) is 4.66. The van der Waals surface area contributed by atoms with Crippen molar-refractivity contribution in [1.29, 1.82) is 0 Å². The zero-order valence-electron chi connectivity index (χ0n) is 19.8. The highest BCUT2D eigenvalue weighted by Crippen LogP contribution is 2.34. The van der Waals surface area contributed by atoms with Gasteiger partial charge in [0.05, 0.1) is 6.54 Å². The van der Waals surface area contributed by atoms with Crippen LogP contribution < -0.4 is 10.6 Å². The van der Waals surface area contributed by atoms with Crippen molar-refractivity contribution in [3.8, 4) is 0 Å². The number of carbonyl (C=O) groups excluding carboxylic acids is 3. The normalized spacial score (nSPS) is 17.2.